The van der Waals surface area contributed by atoms with Crippen molar-refractivity contribution in [2.75, 3.05) is 34.3 Å². The molecule has 0 radical (unpaired) electrons. The lowest BCUT2D eigenvalue weighted by atomic mass is 10.2. The Morgan fingerprint density at radius 2 is 1.81 bits per heavy atom. The summed E-state index contributed by atoms with van der Waals surface area (Å²) in [4.78, 5) is 0. The number of quaternary nitrogens is 1. The van der Waals surface area contributed by atoms with Crippen molar-refractivity contribution >= 4 is 0 Å². The van der Waals surface area contributed by atoms with Crippen LogP contribution in [0.2, 0.25) is 0 Å². The Labute approximate surface area is 97.9 Å². The van der Waals surface area contributed by atoms with Gasteiger partial charge in [-0.2, -0.15) is 0 Å². The molecule has 0 bridgehead atoms. The lowest BCUT2D eigenvalue weighted by molar-refractivity contribution is -0.873. The van der Waals surface area contributed by atoms with Crippen LogP contribution >= 0.6 is 0 Å². The van der Waals surface area contributed by atoms with Crippen LogP contribution in [0.4, 0.5) is 0 Å². The van der Waals surface area contributed by atoms with E-state index in [9.17, 15) is 5.11 Å². The second-order valence-electron chi connectivity index (χ2n) is 5.13. The van der Waals surface area contributed by atoms with Gasteiger partial charge in [0.2, 0.25) is 0 Å². The van der Waals surface area contributed by atoms with Crippen LogP contribution in [-0.4, -0.2) is 50.0 Å². The van der Waals surface area contributed by atoms with Gasteiger partial charge in [-0.25, -0.2) is 0 Å². The van der Waals surface area contributed by atoms with Crippen LogP contribution < -0.4 is 0 Å². The Hall–Kier alpha value is -0.900. The highest BCUT2D eigenvalue weighted by Gasteiger charge is 2.15. The lowest BCUT2D eigenvalue weighted by Gasteiger charge is -2.26. The second kappa shape index (κ2) is 5.99. The first-order valence-corrected chi connectivity index (χ1v) is 5.57. The number of aliphatic hydroxyl groups excluding tert-OH is 1. The number of rotatable bonds is 6. The summed E-state index contributed by atoms with van der Waals surface area (Å²) in [7, 11) is 6.17. The van der Waals surface area contributed by atoms with Crippen molar-refractivity contribution < 1.29 is 14.3 Å². The van der Waals surface area contributed by atoms with E-state index in [1.54, 1.807) is 0 Å². The van der Waals surface area contributed by atoms with Crippen molar-refractivity contribution in [2.45, 2.75) is 12.7 Å². The van der Waals surface area contributed by atoms with Gasteiger partial charge in [-0.3, -0.25) is 0 Å². The maximum absolute atomic E-state index is 9.72. The summed E-state index contributed by atoms with van der Waals surface area (Å²) >= 11 is 0. The molecule has 0 saturated carbocycles. The predicted octanol–water partition coefficient (Wildman–Crippen LogP) is 1.27. The average molecular weight is 224 g/mol. The van der Waals surface area contributed by atoms with Gasteiger partial charge in [0.05, 0.1) is 34.4 Å². The highest BCUT2D eigenvalue weighted by atomic mass is 16.5. The second-order valence-corrected chi connectivity index (χ2v) is 5.13. The van der Waals surface area contributed by atoms with Gasteiger partial charge in [0.1, 0.15) is 12.6 Å². The molecule has 1 atom stereocenters. The van der Waals surface area contributed by atoms with Gasteiger partial charge in [0.15, 0.2) is 0 Å². The Morgan fingerprint density at radius 3 is 2.38 bits per heavy atom. The molecule has 3 heteroatoms. The van der Waals surface area contributed by atoms with Crippen LogP contribution in [0.15, 0.2) is 30.3 Å². The zero-order chi connectivity index (χ0) is 12.0. The average Bonchev–Trinajstić information content (AvgIpc) is 2.16. The molecule has 90 valence electrons. The summed E-state index contributed by atoms with van der Waals surface area (Å²) in [5, 5.41) is 9.72. The molecule has 0 aliphatic heterocycles. The summed E-state index contributed by atoms with van der Waals surface area (Å²) in [6.45, 7) is 1.66. The van der Waals surface area contributed by atoms with Crippen LogP contribution in [0.1, 0.15) is 5.56 Å². The lowest BCUT2D eigenvalue weighted by Crippen LogP contribution is -2.42. The molecule has 0 aliphatic carbocycles. The normalized spacial score (nSPS) is 13.8. The van der Waals surface area contributed by atoms with Crippen molar-refractivity contribution in [1.29, 1.82) is 0 Å². The van der Waals surface area contributed by atoms with Gasteiger partial charge < -0.3 is 14.3 Å². The summed E-state index contributed by atoms with van der Waals surface area (Å²) in [6, 6.07) is 10.00. The Bertz CT molecular complexity index is 293. The van der Waals surface area contributed by atoms with Crippen LogP contribution in [0.25, 0.3) is 0 Å². The van der Waals surface area contributed by atoms with E-state index in [0.717, 1.165) is 10.0 Å². The first-order valence-electron chi connectivity index (χ1n) is 5.57. The molecule has 1 aromatic rings. The first kappa shape index (κ1) is 13.2. The fourth-order valence-electron chi connectivity index (χ4n) is 1.57. The number of benzene rings is 1. The van der Waals surface area contributed by atoms with Gasteiger partial charge in [0, 0.05) is 0 Å². The fraction of sp³-hybridized carbons (Fsp3) is 0.538. The molecule has 1 rings (SSSR count). The zero-order valence-corrected chi connectivity index (χ0v) is 10.4. The third-order valence-electron chi connectivity index (χ3n) is 2.18. The van der Waals surface area contributed by atoms with E-state index >= 15 is 0 Å². The molecule has 1 aromatic carbocycles. The van der Waals surface area contributed by atoms with Crippen molar-refractivity contribution in [1.82, 2.24) is 0 Å². The molecule has 0 fully saturated rings. The number of nitrogens with zero attached hydrogens (tertiary/aromatic N) is 1. The summed E-state index contributed by atoms with van der Waals surface area (Å²) in [5.41, 5.74) is 1.14. The molecule has 0 heterocycles. The number of hydrogen-bond acceptors (Lipinski definition) is 2. The molecule has 0 unspecified atom stereocenters. The Kier molecular flexibility index (Phi) is 4.93. The van der Waals surface area contributed by atoms with Gasteiger partial charge >= 0.3 is 0 Å². The quantitative estimate of drug-likeness (QED) is 0.737. The van der Waals surface area contributed by atoms with Crippen molar-refractivity contribution in [3.8, 4) is 0 Å². The van der Waals surface area contributed by atoms with Crippen LogP contribution in [0.3, 0.4) is 0 Å². The highest BCUT2D eigenvalue weighted by molar-refractivity contribution is 5.13. The minimum atomic E-state index is -0.399. The Morgan fingerprint density at radius 1 is 1.19 bits per heavy atom. The van der Waals surface area contributed by atoms with Crippen LogP contribution in [0.5, 0.6) is 0 Å². The zero-order valence-electron chi connectivity index (χ0n) is 10.4. The number of hydrogen-bond donors (Lipinski definition) is 1. The molecule has 0 spiro atoms. The fourth-order valence-corrected chi connectivity index (χ4v) is 1.57. The van der Waals surface area contributed by atoms with E-state index in [0.29, 0.717) is 19.8 Å². The van der Waals surface area contributed by atoms with E-state index in [1.165, 1.54) is 0 Å². The maximum atomic E-state index is 9.72. The van der Waals surface area contributed by atoms with Crippen LogP contribution in [0, 0.1) is 0 Å². The van der Waals surface area contributed by atoms with Crippen molar-refractivity contribution in [2.24, 2.45) is 0 Å². The summed E-state index contributed by atoms with van der Waals surface area (Å²) in [5.74, 6) is 0. The largest absolute Gasteiger partial charge is 0.385 e. The van der Waals surface area contributed by atoms with Gasteiger partial charge in [0.25, 0.3) is 0 Å². The minimum Gasteiger partial charge on any atom is -0.385 e. The van der Waals surface area contributed by atoms with Gasteiger partial charge in [-0.1, -0.05) is 30.3 Å². The molecular formula is C13H22NO2+. The number of aliphatic hydroxyl groups is 1. The molecule has 1 N–H and O–H groups in total. The van der Waals surface area contributed by atoms with Crippen molar-refractivity contribution in [3.63, 3.8) is 0 Å². The molecule has 0 amide bonds. The van der Waals surface area contributed by atoms with E-state index in [2.05, 4.69) is 21.1 Å². The van der Waals surface area contributed by atoms with E-state index in [1.807, 2.05) is 30.3 Å². The molecule has 0 saturated heterocycles. The molecule has 0 aliphatic rings. The van der Waals surface area contributed by atoms with Gasteiger partial charge in [-0.15, -0.1) is 0 Å². The third-order valence-corrected chi connectivity index (χ3v) is 2.18. The van der Waals surface area contributed by atoms with E-state index < -0.39 is 6.10 Å². The molecule has 16 heavy (non-hydrogen) atoms. The van der Waals surface area contributed by atoms with E-state index in [-0.39, 0.29) is 0 Å². The first-order chi connectivity index (χ1) is 7.47. The number of ether oxygens (including phenoxy) is 1. The minimum absolute atomic E-state index is 0.393. The van der Waals surface area contributed by atoms with Crippen molar-refractivity contribution in [3.05, 3.63) is 35.9 Å². The smallest absolute Gasteiger partial charge is 0.126 e. The summed E-state index contributed by atoms with van der Waals surface area (Å²) < 4.78 is 6.21. The standard InChI is InChI=1S/C13H22NO2/c1-14(2,3)9-13(15)11-16-10-12-7-5-4-6-8-12/h4-8,13,15H,9-11H2,1-3H3/q+1/t13-/m0/s1. The molecule has 3 nitrogen and oxygen atoms in total. The third kappa shape index (κ3) is 5.85. The molecular weight excluding hydrogens is 202 g/mol. The van der Waals surface area contributed by atoms with E-state index in [4.69, 9.17) is 4.74 Å². The van der Waals surface area contributed by atoms with Gasteiger partial charge in [-0.05, 0) is 5.56 Å². The SMILES string of the molecule is C[N+](C)(C)C[C@H](O)COCc1ccccc1. The monoisotopic (exact) mass is 224 g/mol. The predicted molar refractivity (Wildman–Crippen MR) is 65.0 cm³/mol. The summed E-state index contributed by atoms with van der Waals surface area (Å²) in [6.07, 6.45) is -0.399. The maximum Gasteiger partial charge on any atom is 0.126 e. The molecule has 0 aromatic heterocycles. The highest BCUT2D eigenvalue weighted by Crippen LogP contribution is 2.02. The Balaban J connectivity index is 2.21. The number of likely N-dealkylation sites (N-methyl/N-ethyl adjacent to an activating group) is 1. The topological polar surface area (TPSA) is 29.5 Å². The van der Waals surface area contributed by atoms with Crippen LogP contribution in [-0.2, 0) is 11.3 Å².